The maximum absolute atomic E-state index is 12.1. The summed E-state index contributed by atoms with van der Waals surface area (Å²) in [7, 11) is 0. The van der Waals surface area contributed by atoms with Crippen molar-refractivity contribution in [1.82, 2.24) is 0 Å². The van der Waals surface area contributed by atoms with Gasteiger partial charge in [0, 0.05) is 34.7 Å². The zero-order valence-electron chi connectivity index (χ0n) is 18.7. The third kappa shape index (κ3) is 4.56. The van der Waals surface area contributed by atoms with Gasteiger partial charge in [-0.2, -0.15) is 0 Å². The molecule has 0 bridgehead atoms. The summed E-state index contributed by atoms with van der Waals surface area (Å²) in [6, 6.07) is 6.79. The summed E-state index contributed by atoms with van der Waals surface area (Å²) in [5, 5.41) is 0. The summed E-state index contributed by atoms with van der Waals surface area (Å²) in [4.78, 5) is 24.1. The molecule has 0 saturated heterocycles. The van der Waals surface area contributed by atoms with Gasteiger partial charge in [-0.3, -0.25) is 0 Å². The van der Waals surface area contributed by atoms with E-state index < -0.39 is 11.9 Å². The van der Waals surface area contributed by atoms with E-state index in [1.54, 1.807) is 38.1 Å². The van der Waals surface area contributed by atoms with Gasteiger partial charge in [-0.25, -0.2) is 9.59 Å². The Balaban J connectivity index is 1.92. The normalized spacial score (nSPS) is 14.2. The first-order valence-corrected chi connectivity index (χ1v) is 10.6. The van der Waals surface area contributed by atoms with E-state index in [0.29, 0.717) is 45.3 Å². The number of fused-ring (bicyclic) bond motifs is 2. The molecule has 0 spiro atoms. The Bertz CT molecular complexity index is 1110. The van der Waals surface area contributed by atoms with Crippen molar-refractivity contribution in [2.45, 2.75) is 13.8 Å². The quantitative estimate of drug-likeness (QED) is 0.460. The van der Waals surface area contributed by atoms with Crippen molar-refractivity contribution in [2.24, 2.45) is 11.5 Å². The average molecular weight is 468 g/mol. The van der Waals surface area contributed by atoms with E-state index in [9.17, 15) is 9.59 Å². The van der Waals surface area contributed by atoms with Gasteiger partial charge in [-0.15, -0.1) is 0 Å². The molecule has 2 heterocycles. The number of carbonyl (C=O) groups excluding carboxylic acids is 2. The monoisotopic (exact) mass is 468 g/mol. The predicted octanol–water partition coefficient (Wildman–Crippen LogP) is 2.54. The van der Waals surface area contributed by atoms with E-state index >= 15 is 0 Å². The molecular weight excluding hydrogens is 444 g/mol. The lowest BCUT2D eigenvalue weighted by Crippen LogP contribution is -2.08. The molecule has 0 atom stereocenters. The van der Waals surface area contributed by atoms with Gasteiger partial charge >= 0.3 is 11.9 Å². The van der Waals surface area contributed by atoms with Crippen molar-refractivity contribution < 1.29 is 38.0 Å². The van der Waals surface area contributed by atoms with E-state index in [1.807, 2.05) is 0 Å². The van der Waals surface area contributed by atoms with Crippen LogP contribution in [0.3, 0.4) is 0 Å². The standard InChI is InChI=1S/C24H24N2O8/c1-3-29-23(27)9-17(25)15-7-21-19(31-11-33-21)5-13(15)14-6-20-22(34-12-32-20)8-16(14)18(26)10-24(28)30-4-2/h5-10H,3-4,11-12,25-26H2,1-2H3/b17-9-,18-10-. The minimum Gasteiger partial charge on any atom is -0.463 e. The highest BCUT2D eigenvalue weighted by Crippen LogP contribution is 2.45. The van der Waals surface area contributed by atoms with Crippen molar-refractivity contribution in [3.05, 3.63) is 47.5 Å². The Hall–Kier alpha value is -4.34. The zero-order valence-corrected chi connectivity index (χ0v) is 18.7. The summed E-state index contributed by atoms with van der Waals surface area (Å²) >= 11 is 0. The Morgan fingerprint density at radius 3 is 1.44 bits per heavy atom. The molecule has 2 aromatic carbocycles. The number of benzene rings is 2. The smallest absolute Gasteiger partial charge is 0.332 e. The van der Waals surface area contributed by atoms with Crippen LogP contribution < -0.4 is 30.4 Å². The molecule has 0 unspecified atom stereocenters. The third-order valence-corrected chi connectivity index (χ3v) is 5.06. The molecule has 4 N–H and O–H groups in total. The number of rotatable bonds is 7. The van der Waals surface area contributed by atoms with Crippen LogP contribution in [0.25, 0.3) is 22.5 Å². The molecule has 10 nitrogen and oxygen atoms in total. The molecule has 0 fully saturated rings. The summed E-state index contributed by atoms with van der Waals surface area (Å²) in [6.07, 6.45) is 2.38. The molecule has 0 aliphatic carbocycles. The van der Waals surface area contributed by atoms with Crippen LogP contribution in [0.1, 0.15) is 25.0 Å². The summed E-state index contributed by atoms with van der Waals surface area (Å²) in [5.74, 6) is 0.735. The van der Waals surface area contributed by atoms with Gasteiger partial charge < -0.3 is 39.9 Å². The number of esters is 2. The van der Waals surface area contributed by atoms with Crippen molar-refractivity contribution in [2.75, 3.05) is 26.8 Å². The van der Waals surface area contributed by atoms with Crippen LogP contribution in [-0.4, -0.2) is 38.7 Å². The highest BCUT2D eigenvalue weighted by Gasteiger charge is 2.25. The van der Waals surface area contributed by atoms with Crippen molar-refractivity contribution >= 4 is 23.3 Å². The number of ether oxygens (including phenoxy) is 6. The molecule has 0 radical (unpaired) electrons. The second-order valence-electron chi connectivity index (χ2n) is 7.21. The first-order valence-electron chi connectivity index (χ1n) is 10.6. The fourth-order valence-corrected chi connectivity index (χ4v) is 3.58. The molecular formula is C24H24N2O8. The zero-order chi connectivity index (χ0) is 24.2. The molecule has 178 valence electrons. The fraction of sp³-hybridized carbons (Fsp3) is 0.250. The molecule has 2 aliphatic rings. The molecule has 4 rings (SSSR count). The van der Waals surface area contributed by atoms with Crippen molar-refractivity contribution in [3.63, 3.8) is 0 Å². The lowest BCUT2D eigenvalue weighted by molar-refractivity contribution is -0.138. The Morgan fingerprint density at radius 2 is 1.09 bits per heavy atom. The van der Waals surface area contributed by atoms with Crippen LogP contribution in [-0.2, 0) is 19.1 Å². The van der Waals surface area contributed by atoms with E-state index in [-0.39, 0.29) is 38.2 Å². The van der Waals surface area contributed by atoms with Gasteiger partial charge in [0.15, 0.2) is 23.0 Å². The third-order valence-electron chi connectivity index (χ3n) is 5.06. The van der Waals surface area contributed by atoms with E-state index in [2.05, 4.69) is 0 Å². The Kier molecular flexibility index (Phi) is 6.48. The molecule has 0 amide bonds. The maximum atomic E-state index is 12.1. The lowest BCUT2D eigenvalue weighted by Gasteiger charge is -2.16. The topological polar surface area (TPSA) is 142 Å². The first-order chi connectivity index (χ1) is 16.4. The van der Waals surface area contributed by atoms with Crippen LogP contribution in [0.15, 0.2) is 36.4 Å². The van der Waals surface area contributed by atoms with Gasteiger partial charge in [0.1, 0.15) is 0 Å². The van der Waals surface area contributed by atoms with Crippen LogP contribution in [0.4, 0.5) is 0 Å². The van der Waals surface area contributed by atoms with Crippen molar-refractivity contribution in [1.29, 1.82) is 0 Å². The molecule has 10 heteroatoms. The second kappa shape index (κ2) is 9.65. The van der Waals surface area contributed by atoms with Crippen LogP contribution >= 0.6 is 0 Å². The largest absolute Gasteiger partial charge is 0.463 e. The number of nitrogens with two attached hydrogens (primary N) is 2. The summed E-state index contributed by atoms with van der Waals surface area (Å²) < 4.78 is 32.1. The number of carbonyl (C=O) groups is 2. The van der Waals surface area contributed by atoms with Gasteiger partial charge in [0.2, 0.25) is 13.6 Å². The SMILES string of the molecule is CCOC(=O)/C=C(\N)c1cc2c(cc1-c1cc3c(cc1/C(N)=C/C(=O)OCC)OCO3)OCO2. The Labute approximate surface area is 195 Å². The first kappa shape index (κ1) is 22.8. The van der Waals surface area contributed by atoms with Crippen LogP contribution in [0.2, 0.25) is 0 Å². The fourth-order valence-electron chi connectivity index (χ4n) is 3.58. The van der Waals surface area contributed by atoms with Gasteiger partial charge in [0.25, 0.3) is 0 Å². The molecule has 2 aliphatic heterocycles. The summed E-state index contributed by atoms with van der Waals surface area (Å²) in [6.45, 7) is 3.89. The van der Waals surface area contributed by atoms with Gasteiger partial charge in [-0.1, -0.05) is 0 Å². The minimum atomic E-state index is -0.587. The Morgan fingerprint density at radius 1 is 0.735 bits per heavy atom. The average Bonchev–Trinajstić information content (AvgIpc) is 3.45. The van der Waals surface area contributed by atoms with Crippen LogP contribution in [0.5, 0.6) is 23.0 Å². The molecule has 0 aromatic heterocycles. The molecule has 0 saturated carbocycles. The number of hydrogen-bond acceptors (Lipinski definition) is 10. The second-order valence-corrected chi connectivity index (χ2v) is 7.21. The predicted molar refractivity (Wildman–Crippen MR) is 122 cm³/mol. The molecule has 34 heavy (non-hydrogen) atoms. The van der Waals surface area contributed by atoms with Crippen molar-refractivity contribution in [3.8, 4) is 34.1 Å². The lowest BCUT2D eigenvalue weighted by atomic mass is 9.91. The van der Waals surface area contributed by atoms with E-state index in [0.717, 1.165) is 0 Å². The minimum absolute atomic E-state index is 0.0403. The van der Waals surface area contributed by atoms with Gasteiger partial charge in [-0.05, 0) is 49.2 Å². The molecule has 2 aromatic rings. The van der Waals surface area contributed by atoms with Crippen LogP contribution in [0, 0.1) is 0 Å². The summed E-state index contributed by atoms with van der Waals surface area (Å²) in [5.41, 5.74) is 15.0. The highest BCUT2D eigenvalue weighted by molar-refractivity contribution is 5.98. The maximum Gasteiger partial charge on any atom is 0.332 e. The number of hydrogen-bond donors (Lipinski definition) is 2. The van der Waals surface area contributed by atoms with Gasteiger partial charge in [0.05, 0.1) is 13.2 Å². The van der Waals surface area contributed by atoms with E-state index in [1.165, 1.54) is 12.2 Å². The highest BCUT2D eigenvalue weighted by atomic mass is 16.7. The van der Waals surface area contributed by atoms with E-state index in [4.69, 9.17) is 39.9 Å².